The van der Waals surface area contributed by atoms with Crippen LogP contribution in [0.2, 0.25) is 0 Å². The molecule has 0 unspecified atom stereocenters. The SMILES string of the molecule is Cc1nc2ccccc2c(=O)n1CC1CCN(CC2CCC2)CC1. The highest BCUT2D eigenvalue weighted by atomic mass is 16.1. The molecule has 2 aromatic rings. The Bertz CT molecular complexity index is 770. The van der Waals surface area contributed by atoms with E-state index >= 15 is 0 Å². The van der Waals surface area contributed by atoms with Crippen molar-refractivity contribution < 1.29 is 0 Å². The maximum atomic E-state index is 12.8. The fraction of sp³-hybridized carbons (Fsp3) is 0.600. The molecule has 0 N–H and O–H groups in total. The molecule has 2 fully saturated rings. The zero-order chi connectivity index (χ0) is 16.5. The van der Waals surface area contributed by atoms with Gasteiger partial charge in [-0.1, -0.05) is 18.6 Å². The number of aryl methyl sites for hydroxylation is 1. The average Bonchev–Trinajstić information content (AvgIpc) is 2.56. The van der Waals surface area contributed by atoms with Gasteiger partial charge in [-0.05, 0) is 69.7 Å². The van der Waals surface area contributed by atoms with Gasteiger partial charge in [-0.2, -0.15) is 0 Å². The van der Waals surface area contributed by atoms with E-state index in [0.29, 0.717) is 5.92 Å². The fourth-order valence-corrected chi connectivity index (χ4v) is 4.14. The third-order valence-corrected chi connectivity index (χ3v) is 5.94. The molecule has 1 aliphatic heterocycles. The number of nitrogens with zero attached hydrogens (tertiary/aromatic N) is 3. The number of benzene rings is 1. The van der Waals surface area contributed by atoms with Crippen molar-refractivity contribution in [2.75, 3.05) is 19.6 Å². The summed E-state index contributed by atoms with van der Waals surface area (Å²) in [7, 11) is 0. The van der Waals surface area contributed by atoms with E-state index in [2.05, 4.69) is 9.88 Å². The number of likely N-dealkylation sites (tertiary alicyclic amines) is 1. The second-order valence-corrected chi connectivity index (χ2v) is 7.63. The zero-order valence-electron chi connectivity index (χ0n) is 14.6. The molecule has 1 aliphatic carbocycles. The molecule has 4 nitrogen and oxygen atoms in total. The van der Waals surface area contributed by atoms with Crippen LogP contribution in [0.15, 0.2) is 29.1 Å². The number of rotatable bonds is 4. The molecule has 0 amide bonds. The van der Waals surface area contributed by atoms with Crippen LogP contribution in [0.25, 0.3) is 10.9 Å². The van der Waals surface area contributed by atoms with Gasteiger partial charge in [0, 0.05) is 13.1 Å². The van der Waals surface area contributed by atoms with Gasteiger partial charge in [0.25, 0.3) is 5.56 Å². The molecule has 1 aromatic heterocycles. The van der Waals surface area contributed by atoms with Crippen molar-refractivity contribution in [1.29, 1.82) is 0 Å². The van der Waals surface area contributed by atoms with Gasteiger partial charge in [0.05, 0.1) is 10.9 Å². The Morgan fingerprint density at radius 2 is 1.75 bits per heavy atom. The van der Waals surface area contributed by atoms with E-state index in [1.807, 2.05) is 35.8 Å². The summed E-state index contributed by atoms with van der Waals surface area (Å²) in [5.41, 5.74) is 0.932. The molecular formula is C20H27N3O. The molecule has 24 heavy (non-hydrogen) atoms. The van der Waals surface area contributed by atoms with E-state index in [1.54, 1.807) is 0 Å². The summed E-state index contributed by atoms with van der Waals surface area (Å²) >= 11 is 0. The van der Waals surface area contributed by atoms with E-state index in [0.717, 1.165) is 29.2 Å². The van der Waals surface area contributed by atoms with Crippen LogP contribution < -0.4 is 5.56 Å². The summed E-state index contributed by atoms with van der Waals surface area (Å²) in [6.45, 7) is 6.45. The molecule has 1 aromatic carbocycles. The summed E-state index contributed by atoms with van der Waals surface area (Å²) < 4.78 is 1.90. The molecule has 2 aliphatic rings. The van der Waals surface area contributed by atoms with Crippen LogP contribution in [0.5, 0.6) is 0 Å². The van der Waals surface area contributed by atoms with E-state index in [4.69, 9.17) is 0 Å². The second kappa shape index (κ2) is 6.67. The largest absolute Gasteiger partial charge is 0.303 e. The minimum absolute atomic E-state index is 0.120. The van der Waals surface area contributed by atoms with E-state index in [-0.39, 0.29) is 5.56 Å². The topological polar surface area (TPSA) is 38.1 Å². The van der Waals surface area contributed by atoms with Gasteiger partial charge in [0.1, 0.15) is 5.82 Å². The summed E-state index contributed by atoms with van der Waals surface area (Å²) in [6.07, 6.45) is 6.68. The molecule has 4 heteroatoms. The first kappa shape index (κ1) is 15.8. The summed E-state index contributed by atoms with van der Waals surface area (Å²) in [5.74, 6) is 2.40. The first-order valence-corrected chi connectivity index (χ1v) is 9.39. The van der Waals surface area contributed by atoms with Gasteiger partial charge in [-0.15, -0.1) is 0 Å². The van der Waals surface area contributed by atoms with Crippen molar-refractivity contribution >= 4 is 10.9 Å². The van der Waals surface area contributed by atoms with Crippen molar-refractivity contribution in [2.24, 2.45) is 11.8 Å². The second-order valence-electron chi connectivity index (χ2n) is 7.63. The maximum Gasteiger partial charge on any atom is 0.261 e. The van der Waals surface area contributed by atoms with Gasteiger partial charge in [-0.25, -0.2) is 4.98 Å². The molecule has 1 saturated heterocycles. The lowest BCUT2D eigenvalue weighted by molar-refractivity contribution is 0.125. The van der Waals surface area contributed by atoms with Crippen molar-refractivity contribution in [3.63, 3.8) is 0 Å². The number of hydrogen-bond donors (Lipinski definition) is 0. The third-order valence-electron chi connectivity index (χ3n) is 5.94. The highest BCUT2D eigenvalue weighted by molar-refractivity contribution is 5.77. The number of fused-ring (bicyclic) bond motifs is 1. The highest BCUT2D eigenvalue weighted by Crippen LogP contribution is 2.29. The van der Waals surface area contributed by atoms with Crippen LogP contribution >= 0.6 is 0 Å². The summed E-state index contributed by atoms with van der Waals surface area (Å²) in [4.78, 5) is 20.1. The van der Waals surface area contributed by atoms with Crippen LogP contribution in [-0.4, -0.2) is 34.1 Å². The predicted octanol–water partition coefficient (Wildman–Crippen LogP) is 3.22. The predicted molar refractivity (Wildman–Crippen MR) is 97.2 cm³/mol. The minimum atomic E-state index is 0.120. The highest BCUT2D eigenvalue weighted by Gasteiger charge is 2.25. The van der Waals surface area contributed by atoms with Crippen molar-refractivity contribution in [3.8, 4) is 0 Å². The van der Waals surface area contributed by atoms with E-state index in [9.17, 15) is 4.79 Å². The Kier molecular flexibility index (Phi) is 4.40. The first-order chi connectivity index (χ1) is 11.7. The standard InChI is InChI=1S/C20H27N3O/c1-15-21-19-8-3-2-7-18(19)20(24)23(15)14-17-9-11-22(12-10-17)13-16-5-4-6-16/h2-3,7-8,16-17H,4-6,9-14H2,1H3. The normalized spacial score (nSPS) is 20.4. The summed E-state index contributed by atoms with van der Waals surface area (Å²) in [6, 6.07) is 7.68. The van der Waals surface area contributed by atoms with Gasteiger partial charge in [0.2, 0.25) is 0 Å². The molecule has 4 rings (SSSR count). The van der Waals surface area contributed by atoms with Gasteiger partial charge < -0.3 is 4.90 Å². The van der Waals surface area contributed by atoms with Crippen LogP contribution in [0.3, 0.4) is 0 Å². The molecule has 0 spiro atoms. The molecule has 0 radical (unpaired) electrons. The van der Waals surface area contributed by atoms with Gasteiger partial charge in [0.15, 0.2) is 0 Å². The van der Waals surface area contributed by atoms with Crippen LogP contribution in [0.1, 0.15) is 37.9 Å². The number of para-hydroxylation sites is 1. The molecule has 0 bridgehead atoms. The van der Waals surface area contributed by atoms with Gasteiger partial charge >= 0.3 is 0 Å². The Labute approximate surface area is 143 Å². The fourth-order valence-electron chi connectivity index (χ4n) is 4.14. The van der Waals surface area contributed by atoms with Crippen LogP contribution in [0, 0.1) is 18.8 Å². The Morgan fingerprint density at radius 3 is 2.46 bits per heavy atom. The Balaban J connectivity index is 1.44. The molecule has 0 atom stereocenters. The monoisotopic (exact) mass is 325 g/mol. The van der Waals surface area contributed by atoms with Crippen LogP contribution in [-0.2, 0) is 6.54 Å². The maximum absolute atomic E-state index is 12.8. The van der Waals surface area contributed by atoms with E-state index in [1.165, 1.54) is 51.7 Å². The smallest absolute Gasteiger partial charge is 0.261 e. The van der Waals surface area contributed by atoms with E-state index < -0.39 is 0 Å². The summed E-state index contributed by atoms with van der Waals surface area (Å²) in [5, 5.41) is 0.741. The minimum Gasteiger partial charge on any atom is -0.303 e. The molecule has 2 heterocycles. The molecule has 128 valence electrons. The number of hydrogen-bond acceptors (Lipinski definition) is 3. The zero-order valence-corrected chi connectivity index (χ0v) is 14.6. The lowest BCUT2D eigenvalue weighted by Gasteiger charge is -2.37. The molecular weight excluding hydrogens is 298 g/mol. The quantitative estimate of drug-likeness (QED) is 0.866. The Morgan fingerprint density at radius 1 is 1.04 bits per heavy atom. The average molecular weight is 325 g/mol. The first-order valence-electron chi connectivity index (χ1n) is 9.39. The Hall–Kier alpha value is -1.68. The number of aromatic nitrogens is 2. The van der Waals surface area contributed by atoms with Gasteiger partial charge in [-0.3, -0.25) is 9.36 Å². The number of piperidine rings is 1. The lowest BCUT2D eigenvalue weighted by atomic mass is 9.84. The van der Waals surface area contributed by atoms with Crippen molar-refractivity contribution in [2.45, 2.75) is 45.6 Å². The van der Waals surface area contributed by atoms with Crippen LogP contribution in [0.4, 0.5) is 0 Å². The third kappa shape index (κ3) is 3.12. The van der Waals surface area contributed by atoms with Crippen molar-refractivity contribution in [3.05, 3.63) is 40.4 Å². The lowest BCUT2D eigenvalue weighted by Crippen LogP contribution is -2.40. The van der Waals surface area contributed by atoms with Crippen molar-refractivity contribution in [1.82, 2.24) is 14.5 Å². The molecule has 1 saturated carbocycles.